The summed E-state index contributed by atoms with van der Waals surface area (Å²) in [5, 5.41) is 12.1. The van der Waals surface area contributed by atoms with E-state index >= 15 is 0 Å². The van der Waals surface area contributed by atoms with Crippen molar-refractivity contribution in [3.63, 3.8) is 0 Å². The van der Waals surface area contributed by atoms with Crippen LogP contribution in [0.2, 0.25) is 0 Å². The maximum Gasteiger partial charge on any atom is 0.121 e. The Hall–Kier alpha value is -3.00. The average molecular weight is 396 g/mol. The van der Waals surface area contributed by atoms with Crippen molar-refractivity contribution in [1.82, 2.24) is 14.9 Å². The monoisotopic (exact) mass is 395 g/mol. The van der Waals surface area contributed by atoms with Gasteiger partial charge in [0.15, 0.2) is 0 Å². The van der Waals surface area contributed by atoms with Crippen molar-refractivity contribution in [2.24, 2.45) is 5.92 Å². The summed E-state index contributed by atoms with van der Waals surface area (Å²) in [6, 6.07) is 19.8. The summed E-state index contributed by atoms with van der Waals surface area (Å²) in [6.07, 6.45) is 10.3. The summed E-state index contributed by atoms with van der Waals surface area (Å²) in [4.78, 5) is 11.7. The number of rotatable bonds is 4. The molecule has 2 unspecified atom stereocenters. The Morgan fingerprint density at radius 3 is 2.47 bits per heavy atom. The first-order valence-corrected chi connectivity index (χ1v) is 10.6. The van der Waals surface area contributed by atoms with Gasteiger partial charge in [0.2, 0.25) is 0 Å². The Balaban J connectivity index is 1.65. The lowest BCUT2D eigenvalue weighted by atomic mass is 9.66. The average Bonchev–Trinajstić information content (AvgIpc) is 2.81. The summed E-state index contributed by atoms with van der Waals surface area (Å²) < 4.78 is 0. The molecule has 0 radical (unpaired) electrons. The predicted molar refractivity (Wildman–Crippen MR) is 118 cm³/mol. The van der Waals surface area contributed by atoms with Crippen LogP contribution in [0.4, 0.5) is 0 Å². The Bertz CT molecular complexity index is 1070. The molecule has 5 heterocycles. The number of hydrogen-bond acceptors (Lipinski definition) is 4. The molecule has 0 spiro atoms. The molecule has 0 amide bonds. The molecule has 2 bridgehead atoms. The summed E-state index contributed by atoms with van der Waals surface area (Å²) in [5.74, 6) is 3.05. The molecule has 3 aliphatic rings. The van der Waals surface area contributed by atoms with Gasteiger partial charge in [0.1, 0.15) is 11.6 Å². The van der Waals surface area contributed by atoms with Gasteiger partial charge in [0, 0.05) is 18.2 Å². The fourth-order valence-corrected chi connectivity index (χ4v) is 5.15. The standard InChI is InChI=1S/C26H25N3O/c1-2-25-26(30,20-13-16-29(25)17-14-20)21-11-12-23(22-10-6-7-15-27-22)28-24(21)18-19-8-4-3-5-9-19/h1,3-12,15,20,25,30H,13-14,16-18H2. The molecule has 1 N–H and O–H groups in total. The van der Waals surface area contributed by atoms with E-state index in [4.69, 9.17) is 11.4 Å². The Morgan fingerprint density at radius 2 is 1.77 bits per heavy atom. The normalized spacial score (nSPS) is 27.5. The van der Waals surface area contributed by atoms with E-state index in [-0.39, 0.29) is 12.0 Å². The van der Waals surface area contributed by atoms with Crippen LogP contribution in [0.5, 0.6) is 0 Å². The first-order valence-electron chi connectivity index (χ1n) is 10.6. The smallest absolute Gasteiger partial charge is 0.121 e. The molecule has 4 nitrogen and oxygen atoms in total. The Morgan fingerprint density at radius 1 is 1.00 bits per heavy atom. The molecule has 4 heteroatoms. The highest BCUT2D eigenvalue weighted by atomic mass is 16.3. The van der Waals surface area contributed by atoms with Crippen molar-refractivity contribution in [2.45, 2.75) is 30.9 Å². The molecule has 30 heavy (non-hydrogen) atoms. The lowest BCUT2D eigenvalue weighted by Gasteiger charge is -2.54. The van der Waals surface area contributed by atoms with Gasteiger partial charge in [-0.1, -0.05) is 48.4 Å². The zero-order valence-corrected chi connectivity index (χ0v) is 16.9. The van der Waals surface area contributed by atoms with Crippen LogP contribution in [0.25, 0.3) is 11.4 Å². The SMILES string of the molecule is C#CC1N2CCC(CC2)C1(O)c1ccc(-c2ccccn2)nc1Cc1ccccc1. The third-order valence-electron chi connectivity index (χ3n) is 6.64. The number of aromatic nitrogens is 2. The summed E-state index contributed by atoms with van der Waals surface area (Å²) in [7, 11) is 0. The largest absolute Gasteiger partial charge is 0.382 e. The molecule has 150 valence electrons. The van der Waals surface area contributed by atoms with Crippen molar-refractivity contribution in [2.75, 3.05) is 13.1 Å². The molecule has 6 rings (SSSR count). The van der Waals surface area contributed by atoms with E-state index in [1.165, 1.54) is 0 Å². The van der Waals surface area contributed by atoms with Gasteiger partial charge >= 0.3 is 0 Å². The second-order valence-corrected chi connectivity index (χ2v) is 8.27. The molecular weight excluding hydrogens is 370 g/mol. The van der Waals surface area contributed by atoms with Crippen molar-refractivity contribution >= 4 is 0 Å². The Labute approximate surface area is 177 Å². The van der Waals surface area contributed by atoms with Crippen molar-refractivity contribution in [3.05, 3.63) is 83.7 Å². The second kappa shape index (κ2) is 7.68. The van der Waals surface area contributed by atoms with Crippen LogP contribution in [0.15, 0.2) is 66.9 Å². The van der Waals surface area contributed by atoms with Gasteiger partial charge in [-0.3, -0.25) is 14.9 Å². The summed E-state index contributed by atoms with van der Waals surface area (Å²) in [5.41, 5.74) is 3.46. The number of benzene rings is 1. The van der Waals surface area contributed by atoms with Crippen LogP contribution < -0.4 is 0 Å². The minimum absolute atomic E-state index is 0.153. The lowest BCUT2D eigenvalue weighted by Crippen LogP contribution is -2.63. The van der Waals surface area contributed by atoms with Gasteiger partial charge < -0.3 is 5.11 Å². The van der Waals surface area contributed by atoms with E-state index in [2.05, 4.69) is 27.9 Å². The second-order valence-electron chi connectivity index (χ2n) is 8.27. The van der Waals surface area contributed by atoms with Crippen LogP contribution >= 0.6 is 0 Å². The molecule has 2 aromatic heterocycles. The van der Waals surface area contributed by atoms with Gasteiger partial charge in [-0.2, -0.15) is 0 Å². The molecule has 3 fully saturated rings. The lowest BCUT2D eigenvalue weighted by molar-refractivity contribution is -0.143. The van der Waals surface area contributed by atoms with Crippen molar-refractivity contribution in [3.8, 4) is 23.7 Å². The number of fused-ring (bicyclic) bond motifs is 3. The fourth-order valence-electron chi connectivity index (χ4n) is 5.15. The van der Waals surface area contributed by atoms with Crippen LogP contribution in [0, 0.1) is 18.3 Å². The number of piperidine rings is 3. The van der Waals surface area contributed by atoms with E-state index in [9.17, 15) is 5.11 Å². The van der Waals surface area contributed by atoms with Gasteiger partial charge in [-0.05, 0) is 55.6 Å². The van der Waals surface area contributed by atoms with E-state index in [1.807, 2.05) is 48.5 Å². The van der Waals surface area contributed by atoms with Crippen LogP contribution in [0.1, 0.15) is 29.7 Å². The van der Waals surface area contributed by atoms with Gasteiger partial charge in [0.25, 0.3) is 0 Å². The van der Waals surface area contributed by atoms with Crippen LogP contribution in [0.3, 0.4) is 0 Å². The first-order chi connectivity index (χ1) is 14.7. The number of aliphatic hydroxyl groups is 1. The quantitative estimate of drug-likeness (QED) is 0.685. The zero-order chi connectivity index (χ0) is 20.6. The first kappa shape index (κ1) is 19.0. The molecule has 3 saturated heterocycles. The van der Waals surface area contributed by atoms with Crippen molar-refractivity contribution in [1.29, 1.82) is 0 Å². The maximum absolute atomic E-state index is 12.1. The van der Waals surface area contributed by atoms with Crippen molar-refractivity contribution < 1.29 is 5.11 Å². The molecule has 3 aliphatic heterocycles. The van der Waals surface area contributed by atoms with Crippen LogP contribution in [-0.4, -0.2) is 39.1 Å². The molecule has 1 aromatic carbocycles. The number of hydrogen-bond donors (Lipinski definition) is 1. The van der Waals surface area contributed by atoms with Gasteiger partial charge in [-0.15, -0.1) is 6.42 Å². The molecule has 3 aromatic rings. The maximum atomic E-state index is 12.1. The fraction of sp³-hybridized carbons (Fsp3) is 0.308. The molecule has 0 aliphatic carbocycles. The van der Waals surface area contributed by atoms with E-state index in [0.717, 1.165) is 54.1 Å². The number of terminal acetylenes is 1. The van der Waals surface area contributed by atoms with Gasteiger partial charge in [0.05, 0.1) is 17.1 Å². The van der Waals surface area contributed by atoms with E-state index in [0.29, 0.717) is 6.42 Å². The van der Waals surface area contributed by atoms with E-state index < -0.39 is 5.60 Å². The van der Waals surface area contributed by atoms with Crippen LogP contribution in [-0.2, 0) is 12.0 Å². The summed E-state index contributed by atoms with van der Waals surface area (Å²) in [6.45, 7) is 1.91. The highest BCUT2D eigenvalue weighted by molar-refractivity contribution is 5.56. The van der Waals surface area contributed by atoms with Gasteiger partial charge in [-0.25, -0.2) is 0 Å². The molecule has 0 saturated carbocycles. The zero-order valence-electron chi connectivity index (χ0n) is 16.9. The molecule has 2 atom stereocenters. The minimum Gasteiger partial charge on any atom is -0.382 e. The Kier molecular flexibility index (Phi) is 4.86. The topological polar surface area (TPSA) is 49.2 Å². The number of pyridine rings is 2. The highest BCUT2D eigenvalue weighted by Gasteiger charge is 2.54. The summed E-state index contributed by atoms with van der Waals surface area (Å²) >= 11 is 0. The van der Waals surface area contributed by atoms with E-state index in [1.54, 1.807) is 6.20 Å². The predicted octanol–water partition coefficient (Wildman–Crippen LogP) is 3.65. The minimum atomic E-state index is -1.08. The third kappa shape index (κ3) is 3.11. The third-order valence-corrected chi connectivity index (χ3v) is 6.64. The molecular formula is C26H25N3O. The highest BCUT2D eigenvalue weighted by Crippen LogP contribution is 2.47. The number of nitrogens with zero attached hydrogens (tertiary/aromatic N) is 3.